The van der Waals surface area contributed by atoms with Crippen LogP contribution in [0.5, 0.6) is 5.75 Å². The van der Waals surface area contributed by atoms with Crippen molar-refractivity contribution >= 4 is 18.0 Å². The SMILES string of the molecule is CCOC(=O)C(=C(/O)OCC)/C(N)=N\N=C\c1cccc(OCc2ccccc2)c1. The zero-order valence-electron chi connectivity index (χ0n) is 16.9. The van der Waals surface area contributed by atoms with Gasteiger partial charge in [-0.2, -0.15) is 5.10 Å². The molecule has 0 aliphatic rings. The van der Waals surface area contributed by atoms with Crippen LogP contribution < -0.4 is 10.5 Å². The van der Waals surface area contributed by atoms with Gasteiger partial charge in [-0.25, -0.2) is 4.79 Å². The molecule has 0 unspecified atom stereocenters. The van der Waals surface area contributed by atoms with Crippen molar-refractivity contribution in [3.63, 3.8) is 0 Å². The summed E-state index contributed by atoms with van der Waals surface area (Å²) in [4.78, 5) is 12.0. The fourth-order valence-electron chi connectivity index (χ4n) is 2.35. The second-order valence-electron chi connectivity index (χ2n) is 5.91. The normalized spacial score (nSPS) is 12.4. The highest BCUT2D eigenvalue weighted by Crippen LogP contribution is 2.14. The van der Waals surface area contributed by atoms with E-state index in [0.29, 0.717) is 17.9 Å². The summed E-state index contributed by atoms with van der Waals surface area (Å²) < 4.78 is 15.6. The lowest BCUT2D eigenvalue weighted by atomic mass is 10.2. The molecule has 0 bridgehead atoms. The summed E-state index contributed by atoms with van der Waals surface area (Å²) in [5.74, 6) is -1.17. The van der Waals surface area contributed by atoms with Gasteiger partial charge in [0.2, 0.25) is 0 Å². The minimum Gasteiger partial charge on any atom is -0.489 e. The number of aliphatic hydroxyl groups is 1. The summed E-state index contributed by atoms with van der Waals surface area (Å²) in [5, 5.41) is 17.6. The van der Waals surface area contributed by atoms with E-state index in [1.807, 2.05) is 48.5 Å². The Morgan fingerprint density at radius 1 is 1.07 bits per heavy atom. The number of carbonyl (C=O) groups excluding carboxylic acids is 1. The number of hydrogen-bond donors (Lipinski definition) is 2. The van der Waals surface area contributed by atoms with E-state index < -0.39 is 11.9 Å². The molecular formula is C22H25N3O5. The number of nitrogens with two attached hydrogens (primary N) is 1. The van der Waals surface area contributed by atoms with Crippen LogP contribution in [0.25, 0.3) is 0 Å². The van der Waals surface area contributed by atoms with E-state index in [1.54, 1.807) is 19.9 Å². The molecule has 158 valence electrons. The van der Waals surface area contributed by atoms with Crippen LogP contribution in [-0.2, 0) is 20.9 Å². The monoisotopic (exact) mass is 411 g/mol. The molecule has 0 aliphatic carbocycles. The van der Waals surface area contributed by atoms with E-state index in [2.05, 4.69) is 10.2 Å². The van der Waals surface area contributed by atoms with Gasteiger partial charge in [-0.1, -0.05) is 42.5 Å². The third-order valence-electron chi connectivity index (χ3n) is 3.71. The number of aliphatic hydroxyl groups excluding tert-OH is 1. The molecule has 2 rings (SSSR count). The number of benzene rings is 2. The van der Waals surface area contributed by atoms with E-state index in [4.69, 9.17) is 19.9 Å². The van der Waals surface area contributed by atoms with Crippen molar-refractivity contribution in [1.82, 2.24) is 0 Å². The Morgan fingerprint density at radius 2 is 1.80 bits per heavy atom. The third kappa shape index (κ3) is 6.97. The molecule has 0 saturated heterocycles. The van der Waals surface area contributed by atoms with Gasteiger partial charge in [0, 0.05) is 0 Å². The topological polar surface area (TPSA) is 116 Å². The lowest BCUT2D eigenvalue weighted by molar-refractivity contribution is -0.138. The van der Waals surface area contributed by atoms with Gasteiger partial charge in [0.05, 0.1) is 19.4 Å². The van der Waals surface area contributed by atoms with Gasteiger partial charge in [-0.3, -0.25) is 0 Å². The van der Waals surface area contributed by atoms with Crippen molar-refractivity contribution in [2.75, 3.05) is 13.2 Å². The first-order valence-corrected chi connectivity index (χ1v) is 9.42. The number of carbonyl (C=O) groups is 1. The van der Waals surface area contributed by atoms with E-state index in [-0.39, 0.29) is 24.6 Å². The number of nitrogens with zero attached hydrogens (tertiary/aromatic N) is 2. The molecule has 0 saturated carbocycles. The highest BCUT2D eigenvalue weighted by Gasteiger charge is 2.22. The van der Waals surface area contributed by atoms with Crippen molar-refractivity contribution in [3.05, 3.63) is 77.2 Å². The predicted molar refractivity (Wildman–Crippen MR) is 114 cm³/mol. The maximum atomic E-state index is 12.0. The van der Waals surface area contributed by atoms with Crippen LogP contribution >= 0.6 is 0 Å². The second-order valence-corrected chi connectivity index (χ2v) is 5.91. The van der Waals surface area contributed by atoms with Crippen LogP contribution in [0, 0.1) is 0 Å². The number of ether oxygens (including phenoxy) is 3. The third-order valence-corrected chi connectivity index (χ3v) is 3.71. The smallest absolute Gasteiger partial charge is 0.349 e. The molecule has 0 fully saturated rings. The van der Waals surface area contributed by atoms with Gasteiger partial charge in [0.1, 0.15) is 12.4 Å². The van der Waals surface area contributed by atoms with E-state index in [9.17, 15) is 9.90 Å². The highest BCUT2D eigenvalue weighted by atomic mass is 16.6. The van der Waals surface area contributed by atoms with Crippen LogP contribution in [0.4, 0.5) is 0 Å². The zero-order chi connectivity index (χ0) is 21.8. The Labute approximate surface area is 175 Å². The fourth-order valence-corrected chi connectivity index (χ4v) is 2.35. The molecule has 0 aliphatic heterocycles. The molecule has 0 spiro atoms. The molecule has 3 N–H and O–H groups in total. The van der Waals surface area contributed by atoms with Crippen molar-refractivity contribution in [2.45, 2.75) is 20.5 Å². The Hall–Kier alpha value is -3.81. The molecule has 8 nitrogen and oxygen atoms in total. The minimum atomic E-state index is -0.851. The Bertz CT molecular complexity index is 923. The van der Waals surface area contributed by atoms with Gasteiger partial charge < -0.3 is 25.1 Å². The molecule has 8 heteroatoms. The van der Waals surface area contributed by atoms with Gasteiger partial charge in [0.25, 0.3) is 5.95 Å². The van der Waals surface area contributed by atoms with Gasteiger partial charge in [-0.05, 0) is 37.1 Å². The second kappa shape index (κ2) is 11.9. The molecule has 2 aromatic rings. The van der Waals surface area contributed by atoms with Crippen LogP contribution in [0.1, 0.15) is 25.0 Å². The maximum absolute atomic E-state index is 12.0. The van der Waals surface area contributed by atoms with E-state index in [0.717, 1.165) is 5.56 Å². The standard InChI is InChI=1S/C22H25N3O5/c1-3-28-21(26)19(22(27)29-4-2)20(23)25-24-14-17-11-8-12-18(13-17)30-15-16-9-6-5-7-10-16/h5-14,26H,3-4,15H2,1-2H3,(H2,23,25)/b21-19-,24-14+. The van der Waals surface area contributed by atoms with Crippen molar-refractivity contribution in [1.29, 1.82) is 0 Å². The average molecular weight is 411 g/mol. The van der Waals surface area contributed by atoms with Crippen molar-refractivity contribution in [3.8, 4) is 5.75 Å². The van der Waals surface area contributed by atoms with E-state index in [1.165, 1.54) is 6.21 Å². The number of hydrogen-bond acceptors (Lipinski definition) is 7. The van der Waals surface area contributed by atoms with Gasteiger partial charge in [0.15, 0.2) is 11.4 Å². The number of amidine groups is 1. The molecule has 0 amide bonds. The summed E-state index contributed by atoms with van der Waals surface area (Å²) >= 11 is 0. The lowest BCUT2D eigenvalue weighted by Crippen LogP contribution is -2.25. The van der Waals surface area contributed by atoms with E-state index >= 15 is 0 Å². The predicted octanol–water partition coefficient (Wildman–Crippen LogP) is 3.33. The molecular weight excluding hydrogens is 386 g/mol. The van der Waals surface area contributed by atoms with Gasteiger partial charge in [-0.15, -0.1) is 5.10 Å². The van der Waals surface area contributed by atoms with Gasteiger partial charge >= 0.3 is 5.97 Å². The average Bonchev–Trinajstić information content (AvgIpc) is 2.74. The zero-order valence-corrected chi connectivity index (χ0v) is 16.9. The first-order valence-electron chi connectivity index (χ1n) is 9.42. The summed E-state index contributed by atoms with van der Waals surface area (Å²) in [7, 11) is 0. The van der Waals surface area contributed by atoms with Crippen LogP contribution in [0.2, 0.25) is 0 Å². The van der Waals surface area contributed by atoms with Crippen LogP contribution in [0.15, 0.2) is 76.3 Å². The van der Waals surface area contributed by atoms with Crippen molar-refractivity contribution < 1.29 is 24.1 Å². The lowest BCUT2D eigenvalue weighted by Gasteiger charge is -2.08. The molecule has 0 atom stereocenters. The first kappa shape index (κ1) is 22.5. The Kier molecular flexibility index (Phi) is 8.92. The maximum Gasteiger partial charge on any atom is 0.349 e. The van der Waals surface area contributed by atoms with Crippen molar-refractivity contribution in [2.24, 2.45) is 15.9 Å². The molecule has 30 heavy (non-hydrogen) atoms. The largest absolute Gasteiger partial charge is 0.489 e. The summed E-state index contributed by atoms with van der Waals surface area (Å²) in [5.41, 5.74) is 7.19. The quantitative estimate of drug-likeness (QED) is 0.155. The highest BCUT2D eigenvalue weighted by molar-refractivity contribution is 6.18. The summed E-state index contributed by atoms with van der Waals surface area (Å²) in [6.07, 6.45) is 1.45. The summed E-state index contributed by atoms with van der Waals surface area (Å²) in [6, 6.07) is 17.1. The molecule has 0 aromatic heterocycles. The molecule has 2 aromatic carbocycles. The summed E-state index contributed by atoms with van der Waals surface area (Å²) in [6.45, 7) is 3.97. The Morgan fingerprint density at radius 3 is 2.50 bits per heavy atom. The minimum absolute atomic E-state index is 0.105. The first-order chi connectivity index (χ1) is 14.5. The number of esters is 1. The molecule has 0 radical (unpaired) electrons. The molecule has 0 heterocycles. The number of rotatable bonds is 10. The van der Waals surface area contributed by atoms with Crippen LogP contribution in [0.3, 0.4) is 0 Å². The Balaban J connectivity index is 2.10. The fraction of sp³-hybridized carbons (Fsp3) is 0.227. The van der Waals surface area contributed by atoms with Crippen LogP contribution in [-0.4, -0.2) is 36.3 Å².